The molecule has 0 unspecified atom stereocenters. The molecule has 182 valence electrons. The van der Waals surface area contributed by atoms with Crippen molar-refractivity contribution in [3.63, 3.8) is 0 Å². The second-order valence-electron chi connectivity index (χ2n) is 11.0. The lowest BCUT2D eigenvalue weighted by Crippen LogP contribution is -2.45. The van der Waals surface area contributed by atoms with Gasteiger partial charge in [-0.2, -0.15) is 0 Å². The summed E-state index contributed by atoms with van der Waals surface area (Å²) in [5.74, 6) is 1.09. The lowest BCUT2D eigenvalue weighted by atomic mass is 9.74. The lowest BCUT2D eigenvalue weighted by molar-refractivity contribution is -0.124. The summed E-state index contributed by atoms with van der Waals surface area (Å²) >= 11 is 0. The zero-order valence-corrected chi connectivity index (χ0v) is 20.7. The largest absolute Gasteiger partial charge is 0.381 e. The number of ether oxygens (including phenoxy) is 1. The fraction of sp³-hybridized carbons (Fsp3) is 0.567. The van der Waals surface area contributed by atoms with Crippen LogP contribution in [0.15, 0.2) is 60.7 Å². The molecule has 2 atom stereocenters. The zero-order valence-electron chi connectivity index (χ0n) is 20.7. The van der Waals surface area contributed by atoms with Crippen molar-refractivity contribution in [2.45, 2.75) is 56.8 Å². The summed E-state index contributed by atoms with van der Waals surface area (Å²) in [6, 6.07) is 21.6. The van der Waals surface area contributed by atoms with Crippen LogP contribution in [-0.4, -0.2) is 50.2 Å². The normalized spacial score (nSPS) is 24.4. The van der Waals surface area contributed by atoms with Gasteiger partial charge in [0.1, 0.15) is 0 Å². The highest BCUT2D eigenvalue weighted by Gasteiger charge is 2.58. The molecular formula is C30H40N2O2. The van der Waals surface area contributed by atoms with Crippen LogP contribution >= 0.6 is 0 Å². The third kappa shape index (κ3) is 5.08. The number of carbonyl (C=O) groups excluding carboxylic acids is 1. The predicted molar refractivity (Wildman–Crippen MR) is 137 cm³/mol. The third-order valence-electron chi connectivity index (χ3n) is 9.04. The Morgan fingerprint density at radius 1 is 1.00 bits per heavy atom. The number of carbonyl (C=O) groups is 1. The van der Waals surface area contributed by atoms with Crippen molar-refractivity contribution in [3.05, 3.63) is 71.8 Å². The van der Waals surface area contributed by atoms with Gasteiger partial charge in [-0.1, -0.05) is 67.6 Å². The maximum Gasteiger partial charge on any atom is 0.223 e. The molecule has 4 nitrogen and oxygen atoms in total. The highest BCUT2D eigenvalue weighted by atomic mass is 16.5. The number of nitrogens with zero attached hydrogens (tertiary/aromatic N) is 1. The topological polar surface area (TPSA) is 41.6 Å². The lowest BCUT2D eigenvalue weighted by Gasteiger charge is -2.38. The van der Waals surface area contributed by atoms with Crippen LogP contribution in [0.25, 0.3) is 0 Å². The van der Waals surface area contributed by atoms with Crippen LogP contribution < -0.4 is 5.32 Å². The predicted octanol–water partition coefficient (Wildman–Crippen LogP) is 5.15. The molecule has 1 aliphatic carbocycles. The number of nitrogens with one attached hydrogen (secondary N) is 1. The molecule has 2 saturated heterocycles. The highest BCUT2D eigenvalue weighted by molar-refractivity contribution is 5.82. The second-order valence-corrected chi connectivity index (χ2v) is 11.0. The summed E-state index contributed by atoms with van der Waals surface area (Å²) < 4.78 is 5.66. The minimum absolute atomic E-state index is 0.00995. The summed E-state index contributed by atoms with van der Waals surface area (Å²) in [7, 11) is 0. The minimum atomic E-state index is 0.00995. The molecule has 0 radical (unpaired) electrons. The van der Waals surface area contributed by atoms with E-state index in [4.69, 9.17) is 4.74 Å². The molecule has 5 rings (SSSR count). The number of benzene rings is 2. The Kier molecular flexibility index (Phi) is 7.08. The van der Waals surface area contributed by atoms with Crippen molar-refractivity contribution in [3.8, 4) is 0 Å². The quantitative estimate of drug-likeness (QED) is 0.593. The molecule has 4 heteroatoms. The number of hydrogen-bond acceptors (Lipinski definition) is 3. The van der Waals surface area contributed by atoms with Gasteiger partial charge in [0.05, 0.1) is 0 Å². The van der Waals surface area contributed by atoms with Crippen LogP contribution in [0.2, 0.25) is 0 Å². The Morgan fingerprint density at radius 2 is 1.65 bits per heavy atom. The van der Waals surface area contributed by atoms with Crippen LogP contribution in [0.1, 0.15) is 62.5 Å². The summed E-state index contributed by atoms with van der Waals surface area (Å²) in [4.78, 5) is 15.8. The third-order valence-corrected chi connectivity index (χ3v) is 9.04. The van der Waals surface area contributed by atoms with E-state index in [0.29, 0.717) is 5.92 Å². The summed E-state index contributed by atoms with van der Waals surface area (Å²) in [5.41, 5.74) is 3.05. The Hall–Kier alpha value is -2.17. The molecule has 0 aromatic heterocycles. The van der Waals surface area contributed by atoms with Crippen LogP contribution in [0, 0.1) is 11.3 Å². The average Bonchev–Trinajstić information content (AvgIpc) is 3.61. The van der Waals surface area contributed by atoms with E-state index in [9.17, 15) is 4.79 Å². The molecular weight excluding hydrogens is 420 g/mol. The second kappa shape index (κ2) is 10.2. The fourth-order valence-corrected chi connectivity index (χ4v) is 6.32. The van der Waals surface area contributed by atoms with E-state index in [0.717, 1.165) is 58.7 Å². The van der Waals surface area contributed by atoms with Gasteiger partial charge >= 0.3 is 0 Å². The minimum Gasteiger partial charge on any atom is -0.381 e. The summed E-state index contributed by atoms with van der Waals surface area (Å²) in [6.45, 7) is 8.05. The summed E-state index contributed by atoms with van der Waals surface area (Å²) in [6.07, 6.45) is 6.57. The van der Waals surface area contributed by atoms with Gasteiger partial charge in [-0.05, 0) is 80.6 Å². The molecule has 3 aliphatic rings. The first kappa shape index (κ1) is 23.6. The highest BCUT2D eigenvalue weighted by Crippen LogP contribution is 2.59. The van der Waals surface area contributed by atoms with Crippen LogP contribution in [0.5, 0.6) is 0 Å². The molecule has 2 heterocycles. The monoisotopic (exact) mass is 460 g/mol. The van der Waals surface area contributed by atoms with Crippen LogP contribution in [0.4, 0.5) is 0 Å². The number of hydrogen-bond donors (Lipinski definition) is 1. The van der Waals surface area contributed by atoms with E-state index >= 15 is 0 Å². The Labute approximate surface area is 205 Å². The van der Waals surface area contributed by atoms with Crippen molar-refractivity contribution >= 4 is 5.91 Å². The van der Waals surface area contributed by atoms with Gasteiger partial charge in [0.25, 0.3) is 0 Å². The Morgan fingerprint density at radius 3 is 2.32 bits per heavy atom. The smallest absolute Gasteiger partial charge is 0.223 e. The molecule has 1 amide bonds. The Bertz CT molecular complexity index is 931. The van der Waals surface area contributed by atoms with Crippen molar-refractivity contribution in [1.82, 2.24) is 10.2 Å². The van der Waals surface area contributed by atoms with Gasteiger partial charge in [-0.15, -0.1) is 0 Å². The molecule has 1 saturated carbocycles. The first-order chi connectivity index (χ1) is 16.6. The van der Waals surface area contributed by atoms with Gasteiger partial charge < -0.3 is 15.0 Å². The van der Waals surface area contributed by atoms with E-state index in [1.54, 1.807) is 0 Å². The molecule has 0 bridgehead atoms. The number of rotatable bonds is 8. The maximum absolute atomic E-state index is 13.2. The summed E-state index contributed by atoms with van der Waals surface area (Å²) in [5, 5.41) is 3.39. The first-order valence-corrected chi connectivity index (χ1v) is 13.3. The van der Waals surface area contributed by atoms with E-state index in [-0.39, 0.29) is 22.7 Å². The van der Waals surface area contributed by atoms with Gasteiger partial charge in [0.2, 0.25) is 5.91 Å². The first-order valence-electron chi connectivity index (χ1n) is 13.3. The molecule has 2 aromatic carbocycles. The van der Waals surface area contributed by atoms with Gasteiger partial charge in [-0.3, -0.25) is 4.79 Å². The van der Waals surface area contributed by atoms with Crippen molar-refractivity contribution in [2.75, 3.05) is 39.4 Å². The molecule has 3 fully saturated rings. The Balaban J connectivity index is 1.09. The molecule has 2 aromatic rings. The van der Waals surface area contributed by atoms with Crippen LogP contribution in [0.3, 0.4) is 0 Å². The standard InChI is InChI=1S/C30H40N2O2/c1-24(25-8-4-2-5-9-25)12-17-32-18-13-29(14-19-32)22-27(29)28(33)31-23-30(15-20-34-21-16-30)26-10-6-3-7-11-26/h2-11,24,27H,12-23H2,1H3,(H,31,33)/t24-,27-/m0/s1. The van der Waals surface area contributed by atoms with E-state index in [1.165, 1.54) is 30.4 Å². The van der Waals surface area contributed by atoms with Crippen molar-refractivity contribution in [2.24, 2.45) is 11.3 Å². The molecule has 1 spiro atoms. The van der Waals surface area contributed by atoms with E-state index in [2.05, 4.69) is 77.8 Å². The van der Waals surface area contributed by atoms with Crippen LogP contribution in [-0.2, 0) is 14.9 Å². The van der Waals surface area contributed by atoms with Crippen molar-refractivity contribution in [1.29, 1.82) is 0 Å². The number of amides is 1. The molecule has 2 aliphatic heterocycles. The maximum atomic E-state index is 13.2. The number of piperidine rings is 1. The average molecular weight is 461 g/mol. The van der Waals surface area contributed by atoms with Gasteiger partial charge in [0.15, 0.2) is 0 Å². The van der Waals surface area contributed by atoms with Gasteiger partial charge in [-0.25, -0.2) is 0 Å². The fourth-order valence-electron chi connectivity index (χ4n) is 6.32. The molecule has 34 heavy (non-hydrogen) atoms. The van der Waals surface area contributed by atoms with Gasteiger partial charge in [0, 0.05) is 31.1 Å². The number of likely N-dealkylation sites (tertiary alicyclic amines) is 1. The zero-order chi connectivity index (χ0) is 23.4. The molecule has 1 N–H and O–H groups in total. The SMILES string of the molecule is C[C@@H](CCN1CCC2(CC1)C[C@H]2C(=O)NCC1(c2ccccc2)CCOCC1)c1ccccc1. The van der Waals surface area contributed by atoms with E-state index in [1.807, 2.05) is 0 Å². The van der Waals surface area contributed by atoms with Crippen molar-refractivity contribution < 1.29 is 9.53 Å². The van der Waals surface area contributed by atoms with E-state index < -0.39 is 0 Å².